The molecule has 2 aromatic carbocycles. The van der Waals surface area contributed by atoms with Gasteiger partial charge in [0, 0.05) is 28.4 Å². The first kappa shape index (κ1) is 16.5. The number of para-hydroxylation sites is 1. The maximum atomic E-state index is 12.2. The van der Waals surface area contributed by atoms with Gasteiger partial charge in [0.05, 0.1) is 12.2 Å². The van der Waals surface area contributed by atoms with Crippen molar-refractivity contribution < 1.29 is 9.53 Å². The fourth-order valence-corrected chi connectivity index (χ4v) is 3.06. The average Bonchev–Trinajstić information content (AvgIpc) is 2.99. The van der Waals surface area contributed by atoms with E-state index in [1.807, 2.05) is 36.4 Å². The molecule has 0 atom stereocenters. The molecule has 4 nitrogen and oxygen atoms in total. The molecule has 0 unspecified atom stereocenters. The summed E-state index contributed by atoms with van der Waals surface area (Å²) in [5.74, 6) is -0.255. The smallest absolute Gasteiger partial charge is 0.338 e. The predicted octanol–water partition coefficient (Wildman–Crippen LogP) is 4.21. The minimum absolute atomic E-state index is 0.255. The zero-order chi connectivity index (χ0) is 16.9. The van der Waals surface area contributed by atoms with Gasteiger partial charge in [0.2, 0.25) is 0 Å². The predicted molar refractivity (Wildman–Crippen MR) is 98.5 cm³/mol. The van der Waals surface area contributed by atoms with E-state index in [0.717, 1.165) is 42.5 Å². The van der Waals surface area contributed by atoms with Crippen molar-refractivity contribution in [1.82, 2.24) is 9.88 Å². The molecule has 1 heterocycles. The maximum Gasteiger partial charge on any atom is 0.338 e. The molecule has 126 valence electrons. The van der Waals surface area contributed by atoms with Gasteiger partial charge in [-0.1, -0.05) is 38.1 Å². The van der Waals surface area contributed by atoms with Crippen molar-refractivity contribution in [3.63, 3.8) is 0 Å². The molecule has 0 saturated carbocycles. The minimum Gasteiger partial charge on any atom is -0.462 e. The van der Waals surface area contributed by atoms with Gasteiger partial charge >= 0.3 is 5.97 Å². The number of aromatic nitrogens is 1. The van der Waals surface area contributed by atoms with Gasteiger partial charge in [-0.2, -0.15) is 0 Å². The third kappa shape index (κ3) is 3.44. The van der Waals surface area contributed by atoms with Crippen LogP contribution in [0.4, 0.5) is 0 Å². The summed E-state index contributed by atoms with van der Waals surface area (Å²) in [6.45, 7) is 7.76. The van der Waals surface area contributed by atoms with Crippen molar-refractivity contribution in [3.8, 4) is 0 Å². The van der Waals surface area contributed by atoms with Crippen LogP contribution in [0.1, 0.15) is 30.6 Å². The summed E-state index contributed by atoms with van der Waals surface area (Å²) in [6.07, 6.45) is 0.863. The zero-order valence-electron chi connectivity index (χ0n) is 14.3. The minimum atomic E-state index is -0.255. The Morgan fingerprint density at radius 1 is 1.04 bits per heavy atom. The molecule has 1 aromatic heterocycles. The Kier molecular flexibility index (Phi) is 5.16. The molecular formula is C20H24N2O2. The number of H-pyrrole nitrogens is 1. The fourth-order valence-electron chi connectivity index (χ4n) is 3.06. The number of aromatic amines is 1. The Balaban J connectivity index is 1.66. The number of nitrogens with zero attached hydrogens (tertiary/aromatic N) is 1. The molecule has 3 aromatic rings. The highest BCUT2D eigenvalue weighted by atomic mass is 16.5. The van der Waals surface area contributed by atoms with Gasteiger partial charge in [-0.15, -0.1) is 0 Å². The molecule has 0 saturated heterocycles. The van der Waals surface area contributed by atoms with Gasteiger partial charge in [0.15, 0.2) is 0 Å². The lowest BCUT2D eigenvalue weighted by atomic mass is 10.1. The second kappa shape index (κ2) is 7.49. The van der Waals surface area contributed by atoms with Crippen molar-refractivity contribution in [3.05, 3.63) is 48.0 Å². The molecule has 0 fully saturated rings. The summed E-state index contributed by atoms with van der Waals surface area (Å²) >= 11 is 0. The highest BCUT2D eigenvalue weighted by molar-refractivity contribution is 6.08. The van der Waals surface area contributed by atoms with E-state index in [-0.39, 0.29) is 5.97 Å². The monoisotopic (exact) mass is 324 g/mol. The SMILES string of the molecule is CCN(CC)CCCOC(=O)c1ccc2c(c1)[nH]c1ccccc12. The number of hydrogen-bond donors (Lipinski definition) is 1. The normalized spacial score (nSPS) is 11.5. The average molecular weight is 324 g/mol. The van der Waals surface area contributed by atoms with Crippen LogP contribution >= 0.6 is 0 Å². The molecule has 0 aliphatic rings. The summed E-state index contributed by atoms with van der Waals surface area (Å²) < 4.78 is 5.41. The lowest BCUT2D eigenvalue weighted by Crippen LogP contribution is -2.25. The first-order valence-corrected chi connectivity index (χ1v) is 8.63. The number of fused-ring (bicyclic) bond motifs is 3. The Morgan fingerprint density at radius 2 is 1.79 bits per heavy atom. The quantitative estimate of drug-likeness (QED) is 0.523. The van der Waals surface area contributed by atoms with E-state index in [1.165, 1.54) is 5.39 Å². The van der Waals surface area contributed by atoms with Gasteiger partial charge < -0.3 is 14.6 Å². The molecule has 0 bridgehead atoms. The van der Waals surface area contributed by atoms with Crippen LogP contribution in [0.25, 0.3) is 21.8 Å². The van der Waals surface area contributed by atoms with Crippen molar-refractivity contribution in [1.29, 1.82) is 0 Å². The number of ether oxygens (including phenoxy) is 1. The van der Waals surface area contributed by atoms with Crippen LogP contribution in [0.15, 0.2) is 42.5 Å². The Hall–Kier alpha value is -2.33. The highest BCUT2D eigenvalue weighted by Gasteiger charge is 2.10. The lowest BCUT2D eigenvalue weighted by Gasteiger charge is -2.17. The number of nitrogens with one attached hydrogen (secondary N) is 1. The number of benzene rings is 2. The molecule has 1 N–H and O–H groups in total. The Bertz CT molecular complexity index is 834. The van der Waals surface area contributed by atoms with Gasteiger partial charge in [0.25, 0.3) is 0 Å². The third-order valence-electron chi connectivity index (χ3n) is 4.49. The van der Waals surface area contributed by atoms with Gasteiger partial charge in [-0.05, 0) is 37.7 Å². The number of esters is 1. The van der Waals surface area contributed by atoms with E-state index >= 15 is 0 Å². The Morgan fingerprint density at radius 3 is 2.58 bits per heavy atom. The van der Waals surface area contributed by atoms with Crippen LogP contribution in [0.2, 0.25) is 0 Å². The van der Waals surface area contributed by atoms with Crippen LogP contribution in [0.5, 0.6) is 0 Å². The van der Waals surface area contributed by atoms with Crippen LogP contribution in [0, 0.1) is 0 Å². The van der Waals surface area contributed by atoms with Crippen LogP contribution in [-0.2, 0) is 4.74 Å². The first-order valence-electron chi connectivity index (χ1n) is 8.63. The second-order valence-corrected chi connectivity index (χ2v) is 5.95. The molecule has 0 radical (unpaired) electrons. The van der Waals surface area contributed by atoms with E-state index in [1.54, 1.807) is 0 Å². The van der Waals surface area contributed by atoms with Gasteiger partial charge in [-0.3, -0.25) is 0 Å². The maximum absolute atomic E-state index is 12.2. The van der Waals surface area contributed by atoms with Crippen LogP contribution in [-0.4, -0.2) is 42.1 Å². The summed E-state index contributed by atoms with van der Waals surface area (Å²) in [7, 11) is 0. The Labute approximate surface area is 142 Å². The molecule has 24 heavy (non-hydrogen) atoms. The van der Waals surface area contributed by atoms with Crippen LogP contribution in [0.3, 0.4) is 0 Å². The number of hydrogen-bond acceptors (Lipinski definition) is 3. The molecule has 0 amide bonds. The van der Waals surface area contributed by atoms with E-state index in [9.17, 15) is 4.79 Å². The van der Waals surface area contributed by atoms with Gasteiger partial charge in [-0.25, -0.2) is 4.79 Å². The molecule has 0 aliphatic carbocycles. The molecular weight excluding hydrogens is 300 g/mol. The summed E-state index contributed by atoms with van der Waals surface area (Å²) in [6, 6.07) is 13.9. The number of carbonyl (C=O) groups is 1. The highest BCUT2D eigenvalue weighted by Crippen LogP contribution is 2.26. The third-order valence-corrected chi connectivity index (χ3v) is 4.49. The molecule has 0 spiro atoms. The second-order valence-electron chi connectivity index (χ2n) is 5.95. The van der Waals surface area contributed by atoms with E-state index in [2.05, 4.69) is 29.8 Å². The first-order chi connectivity index (χ1) is 11.7. The molecule has 3 rings (SSSR count). The van der Waals surface area contributed by atoms with Crippen molar-refractivity contribution >= 4 is 27.8 Å². The number of rotatable bonds is 7. The van der Waals surface area contributed by atoms with Gasteiger partial charge in [0.1, 0.15) is 0 Å². The standard InChI is InChI=1S/C20H24N2O2/c1-3-22(4-2)12-7-13-24-20(23)15-10-11-17-16-8-5-6-9-18(16)21-19(17)14-15/h5-6,8-11,14,21H,3-4,7,12-13H2,1-2H3. The summed E-state index contributed by atoms with van der Waals surface area (Å²) in [5.41, 5.74) is 2.64. The summed E-state index contributed by atoms with van der Waals surface area (Å²) in [4.78, 5) is 17.9. The topological polar surface area (TPSA) is 45.3 Å². The van der Waals surface area contributed by atoms with Crippen LogP contribution < -0.4 is 0 Å². The molecule has 4 heteroatoms. The summed E-state index contributed by atoms with van der Waals surface area (Å²) in [5, 5.41) is 2.30. The van der Waals surface area contributed by atoms with E-state index < -0.39 is 0 Å². The molecule has 0 aliphatic heterocycles. The van der Waals surface area contributed by atoms with Crippen molar-refractivity contribution in [2.24, 2.45) is 0 Å². The van der Waals surface area contributed by atoms with Crippen molar-refractivity contribution in [2.45, 2.75) is 20.3 Å². The zero-order valence-corrected chi connectivity index (χ0v) is 14.3. The fraction of sp³-hybridized carbons (Fsp3) is 0.350. The van der Waals surface area contributed by atoms with Crippen molar-refractivity contribution in [2.75, 3.05) is 26.2 Å². The lowest BCUT2D eigenvalue weighted by molar-refractivity contribution is 0.0489. The largest absolute Gasteiger partial charge is 0.462 e. The van der Waals surface area contributed by atoms with E-state index in [4.69, 9.17) is 4.74 Å². The number of carbonyl (C=O) groups excluding carboxylic acids is 1. The van der Waals surface area contributed by atoms with E-state index in [0.29, 0.717) is 12.2 Å².